The summed E-state index contributed by atoms with van der Waals surface area (Å²) in [6.45, 7) is 5.97. The molecule has 3 fully saturated rings. The van der Waals surface area contributed by atoms with E-state index in [2.05, 4.69) is 25.2 Å². The first-order valence-electron chi connectivity index (χ1n) is 14.7. The number of fused-ring (bicyclic) bond motifs is 1. The molecular weight excluding hydrogens is 510 g/mol. The highest BCUT2D eigenvalue weighted by Crippen LogP contribution is 2.31. The van der Waals surface area contributed by atoms with E-state index in [0.29, 0.717) is 43.5 Å². The zero-order valence-corrected chi connectivity index (χ0v) is 23.1. The van der Waals surface area contributed by atoms with E-state index in [4.69, 9.17) is 25.2 Å². The van der Waals surface area contributed by atoms with Crippen molar-refractivity contribution in [3.63, 3.8) is 0 Å². The lowest BCUT2D eigenvalue weighted by Gasteiger charge is -2.39. The van der Waals surface area contributed by atoms with Gasteiger partial charge in [0.25, 0.3) is 0 Å². The summed E-state index contributed by atoms with van der Waals surface area (Å²) in [5.41, 5.74) is 8.07. The lowest BCUT2D eigenvalue weighted by atomic mass is 9.90. The summed E-state index contributed by atoms with van der Waals surface area (Å²) in [4.78, 5) is 23.7. The van der Waals surface area contributed by atoms with Crippen molar-refractivity contribution >= 4 is 34.4 Å². The van der Waals surface area contributed by atoms with Gasteiger partial charge in [0.1, 0.15) is 5.52 Å². The number of carbonyl (C=O) groups is 1. The molecule has 12 nitrogen and oxygen atoms in total. The summed E-state index contributed by atoms with van der Waals surface area (Å²) < 4.78 is 15.2. The third kappa shape index (κ3) is 6.39. The summed E-state index contributed by atoms with van der Waals surface area (Å²) in [5.74, 6) is 1.08. The fourth-order valence-electron chi connectivity index (χ4n) is 6.28. The predicted molar refractivity (Wildman–Crippen MR) is 153 cm³/mol. The van der Waals surface area contributed by atoms with Crippen LogP contribution in [0.3, 0.4) is 0 Å². The van der Waals surface area contributed by atoms with Gasteiger partial charge < -0.3 is 30.4 Å². The maximum Gasteiger partial charge on any atom is 0.229 e. The number of aromatic nitrogens is 5. The fourth-order valence-corrected chi connectivity index (χ4v) is 6.28. The molecule has 216 valence electrons. The molecule has 0 bridgehead atoms. The Morgan fingerprint density at radius 3 is 2.55 bits per heavy atom. The zero-order valence-electron chi connectivity index (χ0n) is 23.1. The maximum atomic E-state index is 11.3. The number of nitrogens with two attached hydrogens (primary N) is 1. The highest BCUT2D eigenvalue weighted by atomic mass is 16.5. The van der Waals surface area contributed by atoms with Crippen molar-refractivity contribution in [2.75, 3.05) is 50.2 Å². The Balaban J connectivity index is 1.19. The van der Waals surface area contributed by atoms with Gasteiger partial charge in [0.2, 0.25) is 11.9 Å². The van der Waals surface area contributed by atoms with E-state index in [0.717, 1.165) is 87.7 Å². The van der Waals surface area contributed by atoms with Crippen LogP contribution >= 0.6 is 0 Å². The summed E-state index contributed by atoms with van der Waals surface area (Å²) in [5, 5.41) is 11.7. The molecule has 12 heteroatoms. The normalized spacial score (nSPS) is 22.9. The van der Waals surface area contributed by atoms with Gasteiger partial charge >= 0.3 is 0 Å². The SMILES string of the molecule is NC(=O)CCCn1ccc2nc(Nc3cnn(C4CCOCC4)c3)nc(NC3CCC(N4CCOCC4)CC3)c21. The number of carbonyl (C=O) groups excluding carboxylic acids is 1. The molecule has 1 aliphatic carbocycles. The van der Waals surface area contributed by atoms with Gasteiger partial charge in [0, 0.05) is 63.7 Å². The Morgan fingerprint density at radius 2 is 1.77 bits per heavy atom. The lowest BCUT2D eigenvalue weighted by Crippen LogP contribution is -2.46. The monoisotopic (exact) mass is 551 g/mol. The highest BCUT2D eigenvalue weighted by Gasteiger charge is 2.28. The topological polar surface area (TPSA) is 137 Å². The van der Waals surface area contributed by atoms with Gasteiger partial charge in [-0.25, -0.2) is 4.98 Å². The maximum absolute atomic E-state index is 11.3. The number of ether oxygens (including phenoxy) is 2. The average Bonchev–Trinajstić information content (AvgIpc) is 3.62. The number of morpholine rings is 1. The largest absolute Gasteiger partial charge is 0.381 e. The minimum atomic E-state index is -0.282. The Hall–Kier alpha value is -3.22. The van der Waals surface area contributed by atoms with Gasteiger partial charge in [0.15, 0.2) is 5.82 Å². The summed E-state index contributed by atoms with van der Waals surface area (Å²) in [6.07, 6.45) is 13.4. The molecule has 5 heterocycles. The number of anilines is 3. The van der Waals surface area contributed by atoms with Gasteiger partial charge in [-0.05, 0) is 51.0 Å². The van der Waals surface area contributed by atoms with E-state index in [1.807, 2.05) is 29.3 Å². The number of hydrogen-bond donors (Lipinski definition) is 3. The smallest absolute Gasteiger partial charge is 0.229 e. The van der Waals surface area contributed by atoms with E-state index in [1.165, 1.54) is 12.8 Å². The second kappa shape index (κ2) is 12.5. The second-order valence-electron chi connectivity index (χ2n) is 11.2. The van der Waals surface area contributed by atoms with Crippen molar-refractivity contribution in [3.8, 4) is 0 Å². The fraction of sp³-hybridized carbons (Fsp3) is 0.643. The van der Waals surface area contributed by atoms with Crippen molar-refractivity contribution in [1.29, 1.82) is 0 Å². The number of aryl methyl sites for hydroxylation is 1. The highest BCUT2D eigenvalue weighted by molar-refractivity contribution is 5.88. The van der Waals surface area contributed by atoms with Gasteiger partial charge in [0.05, 0.1) is 36.7 Å². The van der Waals surface area contributed by atoms with Crippen LogP contribution in [0.15, 0.2) is 24.7 Å². The molecule has 0 unspecified atom stereocenters. The van der Waals surface area contributed by atoms with Crippen LogP contribution in [0.2, 0.25) is 0 Å². The van der Waals surface area contributed by atoms with Crippen LogP contribution in [-0.4, -0.2) is 86.7 Å². The van der Waals surface area contributed by atoms with Gasteiger partial charge in [-0.2, -0.15) is 10.1 Å². The molecule has 3 aromatic rings. The van der Waals surface area contributed by atoms with Gasteiger partial charge in [-0.15, -0.1) is 0 Å². The quantitative estimate of drug-likeness (QED) is 0.347. The molecule has 0 radical (unpaired) electrons. The molecule has 6 rings (SSSR count). The Labute approximate surface area is 234 Å². The van der Waals surface area contributed by atoms with Crippen molar-refractivity contribution in [3.05, 3.63) is 24.7 Å². The van der Waals surface area contributed by atoms with Crippen LogP contribution in [0.25, 0.3) is 11.0 Å². The van der Waals surface area contributed by atoms with Crippen LogP contribution in [0, 0.1) is 0 Å². The number of amides is 1. The molecule has 3 aromatic heterocycles. The van der Waals surface area contributed by atoms with Crippen LogP contribution in [-0.2, 0) is 20.8 Å². The number of primary amides is 1. The first-order valence-corrected chi connectivity index (χ1v) is 14.7. The molecule has 1 saturated carbocycles. The summed E-state index contributed by atoms with van der Waals surface area (Å²) >= 11 is 0. The Morgan fingerprint density at radius 1 is 1.00 bits per heavy atom. The van der Waals surface area contributed by atoms with Crippen LogP contribution in [0.4, 0.5) is 17.5 Å². The average molecular weight is 552 g/mol. The van der Waals surface area contributed by atoms with Crippen LogP contribution < -0.4 is 16.4 Å². The second-order valence-corrected chi connectivity index (χ2v) is 11.2. The first kappa shape index (κ1) is 27.0. The van der Waals surface area contributed by atoms with Gasteiger partial charge in [-0.1, -0.05) is 0 Å². The van der Waals surface area contributed by atoms with E-state index in [9.17, 15) is 4.79 Å². The van der Waals surface area contributed by atoms with E-state index < -0.39 is 0 Å². The third-order valence-corrected chi connectivity index (χ3v) is 8.45. The van der Waals surface area contributed by atoms with Crippen molar-refractivity contribution in [2.24, 2.45) is 5.73 Å². The molecule has 1 amide bonds. The standard InChI is InChI=1S/C28H41N9O3/c29-25(38)2-1-10-36-11-7-24-26(36)27(31-20-3-5-22(6-4-20)35-12-16-40-17-13-35)34-28(33-24)32-21-18-30-37(19-21)23-8-14-39-15-9-23/h7,11,18-20,22-23H,1-6,8-10,12-17H2,(H2,29,38)(H2,31,32,33,34). The zero-order chi connectivity index (χ0) is 27.3. The molecular formula is C28H41N9O3. The first-order chi connectivity index (χ1) is 19.6. The lowest BCUT2D eigenvalue weighted by molar-refractivity contribution is -0.118. The molecule has 4 N–H and O–H groups in total. The minimum Gasteiger partial charge on any atom is -0.381 e. The predicted octanol–water partition coefficient (Wildman–Crippen LogP) is 3.04. The van der Waals surface area contributed by atoms with Crippen molar-refractivity contribution in [1.82, 2.24) is 29.2 Å². The number of hydrogen-bond acceptors (Lipinski definition) is 9. The minimum absolute atomic E-state index is 0.282. The van der Waals surface area contributed by atoms with Gasteiger partial charge in [-0.3, -0.25) is 14.4 Å². The molecule has 0 spiro atoms. The molecule has 0 aromatic carbocycles. The van der Waals surface area contributed by atoms with Crippen molar-refractivity contribution in [2.45, 2.75) is 76.0 Å². The van der Waals surface area contributed by atoms with E-state index in [-0.39, 0.29) is 5.91 Å². The third-order valence-electron chi connectivity index (χ3n) is 8.45. The Kier molecular flexibility index (Phi) is 8.45. The van der Waals surface area contributed by atoms with Crippen LogP contribution in [0.5, 0.6) is 0 Å². The summed E-state index contributed by atoms with van der Waals surface area (Å²) in [7, 11) is 0. The Bertz CT molecular complexity index is 1270. The summed E-state index contributed by atoms with van der Waals surface area (Å²) in [6, 6.07) is 3.34. The van der Waals surface area contributed by atoms with Crippen LogP contribution in [0.1, 0.15) is 57.4 Å². The molecule has 40 heavy (non-hydrogen) atoms. The number of rotatable bonds is 10. The van der Waals surface area contributed by atoms with Crippen molar-refractivity contribution < 1.29 is 14.3 Å². The van der Waals surface area contributed by atoms with E-state index >= 15 is 0 Å². The number of nitrogens with one attached hydrogen (secondary N) is 2. The molecule has 2 aliphatic heterocycles. The molecule has 2 saturated heterocycles. The van der Waals surface area contributed by atoms with E-state index in [1.54, 1.807) is 0 Å². The number of nitrogens with zero attached hydrogens (tertiary/aromatic N) is 6. The molecule has 0 atom stereocenters. The molecule has 3 aliphatic rings.